The molecule has 2 amide bonds. The average Bonchev–Trinajstić information content (AvgIpc) is 3.57. The fourth-order valence-electron chi connectivity index (χ4n) is 3.86. The molecule has 0 aliphatic carbocycles. The quantitative estimate of drug-likeness (QED) is 0.164. The van der Waals surface area contributed by atoms with Crippen LogP contribution in [0, 0.1) is 0 Å². The van der Waals surface area contributed by atoms with E-state index in [0.29, 0.717) is 17.7 Å². The Hall–Kier alpha value is -3.96. The molecule has 0 fully saturated rings. The SMILES string of the molecule is CCNC(=O)Nc1cc(-c2nc(C(F)(F)F)cs2)c(-c2cncc(-c3nn(COP(=O)(OC(C)(C)C)OC(C)(C)C)c(=O)o3)c2)cn1. The van der Waals surface area contributed by atoms with E-state index in [0.717, 1.165) is 21.4 Å². The minimum Gasteiger partial charge on any atom is -0.387 e. The second-order valence-electron chi connectivity index (χ2n) is 11.9. The lowest BCUT2D eigenvalue weighted by Gasteiger charge is -2.30. The normalized spacial score (nSPS) is 12.7. The molecule has 14 nitrogen and oxygen atoms in total. The van der Waals surface area contributed by atoms with Gasteiger partial charge >= 0.3 is 25.8 Å². The summed E-state index contributed by atoms with van der Waals surface area (Å²) in [6, 6.07) is 2.36. The second kappa shape index (κ2) is 13.6. The monoisotopic (exact) mass is 699 g/mol. The number of carbonyl (C=O) groups excluding carboxylic acids is 1. The zero-order valence-electron chi connectivity index (χ0n) is 26.5. The first kappa shape index (κ1) is 35.9. The number of alkyl halides is 3. The van der Waals surface area contributed by atoms with E-state index < -0.39 is 49.4 Å². The molecule has 0 bridgehead atoms. The molecule has 0 aliphatic heterocycles. The highest BCUT2D eigenvalue weighted by Crippen LogP contribution is 2.55. The van der Waals surface area contributed by atoms with E-state index in [1.807, 2.05) is 0 Å². The summed E-state index contributed by atoms with van der Waals surface area (Å²) in [5, 5.41) is 10.1. The van der Waals surface area contributed by atoms with Crippen LogP contribution in [0.1, 0.15) is 54.2 Å². The lowest BCUT2D eigenvalue weighted by molar-refractivity contribution is -0.140. The molecule has 4 heterocycles. The van der Waals surface area contributed by atoms with E-state index in [9.17, 15) is 27.3 Å². The fourth-order valence-corrected chi connectivity index (χ4v) is 6.45. The maximum absolute atomic E-state index is 13.4. The van der Waals surface area contributed by atoms with Crippen LogP contribution in [0.15, 0.2) is 45.3 Å². The molecule has 4 rings (SSSR count). The second-order valence-corrected chi connectivity index (χ2v) is 14.3. The summed E-state index contributed by atoms with van der Waals surface area (Å²) in [7, 11) is -4.19. The minimum atomic E-state index is -4.67. The first-order valence-electron chi connectivity index (χ1n) is 14.0. The number of pyridine rings is 2. The smallest absolute Gasteiger partial charge is 0.387 e. The Morgan fingerprint density at radius 1 is 1.02 bits per heavy atom. The first-order valence-corrected chi connectivity index (χ1v) is 16.4. The Labute approximate surface area is 271 Å². The number of anilines is 1. The van der Waals surface area contributed by atoms with E-state index in [1.165, 1.54) is 30.7 Å². The van der Waals surface area contributed by atoms with Gasteiger partial charge in [0, 0.05) is 47.2 Å². The van der Waals surface area contributed by atoms with Crippen molar-refractivity contribution >= 4 is 31.0 Å². The van der Waals surface area contributed by atoms with Crippen molar-refractivity contribution in [1.82, 2.24) is 30.0 Å². The summed E-state index contributed by atoms with van der Waals surface area (Å²) in [5.74, 6) is -1.07. The van der Waals surface area contributed by atoms with Crippen molar-refractivity contribution in [2.24, 2.45) is 0 Å². The van der Waals surface area contributed by atoms with Gasteiger partial charge in [0.1, 0.15) is 10.8 Å². The van der Waals surface area contributed by atoms with Crippen molar-refractivity contribution in [2.75, 3.05) is 11.9 Å². The van der Waals surface area contributed by atoms with Crippen LogP contribution >= 0.6 is 19.2 Å². The van der Waals surface area contributed by atoms with Gasteiger partial charge in [-0.05, 0) is 60.6 Å². The minimum absolute atomic E-state index is 0.00594. The highest BCUT2D eigenvalue weighted by Gasteiger charge is 2.38. The van der Waals surface area contributed by atoms with Gasteiger partial charge in [0.15, 0.2) is 12.4 Å². The van der Waals surface area contributed by atoms with Gasteiger partial charge in [-0.15, -0.1) is 16.4 Å². The molecule has 0 aliphatic rings. The molecule has 4 aromatic heterocycles. The fraction of sp³-hybridized carbons (Fsp3) is 0.429. The van der Waals surface area contributed by atoms with Crippen LogP contribution in [-0.2, 0) is 31.0 Å². The summed E-state index contributed by atoms with van der Waals surface area (Å²) in [5.41, 5.74) is -1.80. The number of nitrogens with zero attached hydrogens (tertiary/aromatic N) is 5. The number of phosphoric ester groups is 1. The predicted octanol–water partition coefficient (Wildman–Crippen LogP) is 6.96. The van der Waals surface area contributed by atoms with E-state index in [-0.39, 0.29) is 27.8 Å². The van der Waals surface area contributed by atoms with Crippen LogP contribution < -0.4 is 16.4 Å². The zero-order valence-corrected chi connectivity index (χ0v) is 28.2. The number of thiazole rings is 1. The Balaban J connectivity index is 1.68. The largest absolute Gasteiger partial charge is 0.477 e. The molecular formula is C28H33F3N7O7PS. The van der Waals surface area contributed by atoms with Gasteiger partial charge in [-0.2, -0.15) is 17.9 Å². The maximum atomic E-state index is 13.4. The molecule has 19 heteroatoms. The number of halogens is 3. The van der Waals surface area contributed by atoms with Crippen LogP contribution in [0.5, 0.6) is 0 Å². The van der Waals surface area contributed by atoms with Gasteiger partial charge in [0.25, 0.3) is 5.89 Å². The van der Waals surface area contributed by atoms with E-state index >= 15 is 0 Å². The number of phosphoric acid groups is 1. The van der Waals surface area contributed by atoms with Crippen molar-refractivity contribution in [1.29, 1.82) is 0 Å². The van der Waals surface area contributed by atoms with Crippen LogP contribution in [-0.4, -0.2) is 48.5 Å². The predicted molar refractivity (Wildman–Crippen MR) is 166 cm³/mol. The lowest BCUT2D eigenvalue weighted by atomic mass is 10.0. The number of urea groups is 1. The van der Waals surface area contributed by atoms with Gasteiger partial charge in [-0.25, -0.2) is 24.1 Å². The molecule has 0 saturated heterocycles. The third-order valence-electron chi connectivity index (χ3n) is 5.52. The Morgan fingerprint density at radius 3 is 2.28 bits per heavy atom. The highest BCUT2D eigenvalue weighted by molar-refractivity contribution is 7.48. The Bertz CT molecular complexity index is 1820. The number of amides is 2. The summed E-state index contributed by atoms with van der Waals surface area (Å²) >= 11 is 0.755. The molecule has 254 valence electrons. The van der Waals surface area contributed by atoms with E-state index in [2.05, 4.69) is 30.7 Å². The van der Waals surface area contributed by atoms with Crippen LogP contribution in [0.4, 0.5) is 23.8 Å². The third kappa shape index (κ3) is 9.77. The summed E-state index contributed by atoms with van der Waals surface area (Å²) in [6.07, 6.45) is -0.561. The molecule has 0 radical (unpaired) electrons. The van der Waals surface area contributed by atoms with Gasteiger partial charge in [0.05, 0.1) is 16.8 Å². The molecule has 4 aromatic rings. The Morgan fingerprint density at radius 2 is 1.68 bits per heavy atom. The molecule has 2 N–H and O–H groups in total. The molecular weight excluding hydrogens is 666 g/mol. The topological polar surface area (TPSA) is 173 Å². The van der Waals surface area contributed by atoms with E-state index in [1.54, 1.807) is 48.5 Å². The number of hydrogen-bond acceptors (Lipinski definition) is 12. The molecule has 0 saturated carbocycles. The van der Waals surface area contributed by atoms with Gasteiger partial charge in [-0.3, -0.25) is 23.9 Å². The first-order chi connectivity index (χ1) is 21.7. The number of rotatable bonds is 10. The molecule has 0 aromatic carbocycles. The maximum Gasteiger partial charge on any atom is 0.477 e. The van der Waals surface area contributed by atoms with Gasteiger partial charge < -0.3 is 9.73 Å². The van der Waals surface area contributed by atoms with E-state index in [4.69, 9.17) is 18.0 Å². The highest BCUT2D eigenvalue weighted by atomic mass is 32.1. The van der Waals surface area contributed by atoms with Crippen molar-refractivity contribution < 1.29 is 40.5 Å². The third-order valence-corrected chi connectivity index (χ3v) is 8.37. The van der Waals surface area contributed by atoms with Crippen molar-refractivity contribution in [3.05, 3.63) is 52.3 Å². The lowest BCUT2D eigenvalue weighted by Crippen LogP contribution is -2.28. The van der Waals surface area contributed by atoms with Crippen molar-refractivity contribution in [3.63, 3.8) is 0 Å². The van der Waals surface area contributed by atoms with Crippen molar-refractivity contribution in [2.45, 2.75) is 72.6 Å². The molecule has 47 heavy (non-hydrogen) atoms. The van der Waals surface area contributed by atoms with Crippen molar-refractivity contribution in [3.8, 4) is 33.2 Å². The summed E-state index contributed by atoms with van der Waals surface area (Å²) in [4.78, 5) is 36.9. The average molecular weight is 700 g/mol. The molecule has 0 spiro atoms. The van der Waals surface area contributed by atoms with Gasteiger partial charge in [-0.1, -0.05) is 0 Å². The van der Waals surface area contributed by atoms with Crippen LogP contribution in [0.25, 0.3) is 33.2 Å². The number of nitrogens with one attached hydrogen (secondary N) is 2. The Kier molecular flexibility index (Phi) is 10.4. The molecule has 0 unspecified atom stereocenters. The van der Waals surface area contributed by atoms with Crippen LogP contribution in [0.3, 0.4) is 0 Å². The van der Waals surface area contributed by atoms with Gasteiger partial charge in [0.2, 0.25) is 0 Å². The number of aromatic nitrogens is 5. The number of hydrogen-bond donors (Lipinski definition) is 2. The molecule has 0 atom stereocenters. The standard InChI is InChI=1S/C28H33F3N7O7PS/c1-8-33-24(39)36-21-10-18(23-35-20(14-47-23)28(29,30)31)19(13-34-21)16-9-17(12-32-11-16)22-37-38(25(40)43-22)15-42-46(41,44-26(2,3)4)45-27(5,6)7/h9-14H,8,15H2,1-7H3,(H2,33,34,36,39). The summed E-state index contributed by atoms with van der Waals surface area (Å²) in [6.45, 7) is 11.4. The summed E-state index contributed by atoms with van der Waals surface area (Å²) < 4.78 is 76.2. The number of carbonyl (C=O) groups is 1. The zero-order chi connectivity index (χ0) is 34.8. The van der Waals surface area contributed by atoms with Crippen LogP contribution in [0.2, 0.25) is 0 Å².